The van der Waals surface area contributed by atoms with Crippen LogP contribution in [0.5, 0.6) is 0 Å². The van der Waals surface area contributed by atoms with Gasteiger partial charge >= 0.3 is 0 Å². The van der Waals surface area contributed by atoms with Crippen LogP contribution in [0.15, 0.2) is 54.4 Å². The molecule has 1 amide bonds. The fourth-order valence-electron chi connectivity index (χ4n) is 1.53. The first-order valence-corrected chi connectivity index (χ1v) is 6.16. The van der Waals surface area contributed by atoms with Crippen molar-refractivity contribution in [2.45, 2.75) is 0 Å². The van der Waals surface area contributed by atoms with Crippen LogP contribution in [-0.4, -0.2) is 10.9 Å². The molecule has 0 spiro atoms. The van der Waals surface area contributed by atoms with E-state index in [1.165, 1.54) is 12.3 Å². The predicted octanol–water partition coefficient (Wildman–Crippen LogP) is 3.28. The average molecular weight is 284 g/mol. The molecule has 20 heavy (non-hydrogen) atoms. The fraction of sp³-hybridized carbons (Fsp3) is 0. The molecule has 1 aromatic carbocycles. The molecule has 1 aromatic heterocycles. The van der Waals surface area contributed by atoms with E-state index >= 15 is 0 Å². The summed E-state index contributed by atoms with van der Waals surface area (Å²) >= 11 is 5.99. The summed E-state index contributed by atoms with van der Waals surface area (Å²) in [4.78, 5) is 15.9. The number of carbonyl (C=O) groups is 1. The van der Waals surface area contributed by atoms with Gasteiger partial charge in [-0.15, -0.1) is 0 Å². The number of nitrogens with zero attached hydrogens (tertiary/aromatic N) is 2. The zero-order chi connectivity index (χ0) is 14.4. The van der Waals surface area contributed by atoms with E-state index in [0.29, 0.717) is 16.3 Å². The average Bonchev–Trinajstić information content (AvgIpc) is 2.47. The molecule has 0 atom stereocenters. The van der Waals surface area contributed by atoms with Crippen LogP contribution >= 0.6 is 11.6 Å². The van der Waals surface area contributed by atoms with E-state index in [1.807, 2.05) is 6.07 Å². The summed E-state index contributed by atoms with van der Waals surface area (Å²) in [5.74, 6) is -0.500. The highest BCUT2D eigenvalue weighted by Gasteiger charge is 2.10. The third kappa shape index (κ3) is 3.44. The van der Waals surface area contributed by atoms with Gasteiger partial charge in [-0.25, -0.2) is 0 Å². The normalized spacial score (nSPS) is 10.7. The maximum absolute atomic E-state index is 12.0. The molecule has 0 unspecified atom stereocenters. The predicted molar refractivity (Wildman–Crippen MR) is 77.9 cm³/mol. The fourth-order valence-corrected chi connectivity index (χ4v) is 1.72. The van der Waals surface area contributed by atoms with Crippen molar-refractivity contribution in [3.05, 3.63) is 65.0 Å². The van der Waals surface area contributed by atoms with Crippen LogP contribution in [0, 0.1) is 11.3 Å². The molecule has 0 aliphatic rings. The van der Waals surface area contributed by atoms with Gasteiger partial charge in [-0.3, -0.25) is 9.78 Å². The molecule has 4 nitrogen and oxygen atoms in total. The van der Waals surface area contributed by atoms with E-state index in [1.54, 1.807) is 42.6 Å². The second-order valence-electron chi connectivity index (χ2n) is 3.89. The molecule has 0 aliphatic heterocycles. The third-order valence-corrected chi connectivity index (χ3v) is 2.83. The van der Waals surface area contributed by atoms with E-state index in [0.717, 1.165) is 0 Å². The molecule has 0 aliphatic carbocycles. The maximum atomic E-state index is 12.0. The summed E-state index contributed by atoms with van der Waals surface area (Å²) in [5.41, 5.74) is 1.12. The Morgan fingerprint density at radius 1 is 1.30 bits per heavy atom. The standard InChI is InChI=1S/C15H10ClN3O/c16-14-6-2-1-4-11(14)8-12(9-17)15(20)19-13-5-3-7-18-10-13/h1-8,10H,(H,19,20)/b12-8+. The number of nitriles is 1. The molecule has 0 bridgehead atoms. The first-order valence-electron chi connectivity index (χ1n) is 5.78. The minimum Gasteiger partial charge on any atom is -0.320 e. The summed E-state index contributed by atoms with van der Waals surface area (Å²) in [5, 5.41) is 12.2. The molecule has 5 heteroatoms. The summed E-state index contributed by atoms with van der Waals surface area (Å²) in [6.45, 7) is 0. The Hall–Kier alpha value is -2.64. The molecule has 98 valence electrons. The highest BCUT2D eigenvalue weighted by molar-refractivity contribution is 6.32. The zero-order valence-electron chi connectivity index (χ0n) is 10.4. The van der Waals surface area contributed by atoms with Crippen LogP contribution in [0.1, 0.15) is 5.56 Å². The Bertz CT molecular complexity index is 690. The molecule has 1 N–H and O–H groups in total. The lowest BCUT2D eigenvalue weighted by molar-refractivity contribution is -0.112. The Balaban J connectivity index is 2.23. The van der Waals surface area contributed by atoms with Gasteiger partial charge in [0.05, 0.1) is 11.9 Å². The summed E-state index contributed by atoms with van der Waals surface area (Å²) in [7, 11) is 0. The summed E-state index contributed by atoms with van der Waals surface area (Å²) < 4.78 is 0. The first-order chi connectivity index (χ1) is 9.70. The lowest BCUT2D eigenvalue weighted by Gasteiger charge is -2.03. The van der Waals surface area contributed by atoms with Gasteiger partial charge in [0.15, 0.2) is 0 Å². The topological polar surface area (TPSA) is 65.8 Å². The van der Waals surface area contributed by atoms with E-state index in [2.05, 4.69) is 10.3 Å². The minimum atomic E-state index is -0.500. The second-order valence-corrected chi connectivity index (χ2v) is 4.29. The first kappa shape index (κ1) is 13.8. The molecule has 0 fully saturated rings. The Kier molecular flexibility index (Phi) is 4.48. The lowest BCUT2D eigenvalue weighted by Crippen LogP contribution is -2.13. The smallest absolute Gasteiger partial charge is 0.266 e. The van der Waals surface area contributed by atoms with Gasteiger partial charge in [-0.05, 0) is 29.8 Å². The zero-order valence-corrected chi connectivity index (χ0v) is 11.1. The molecule has 0 saturated heterocycles. The largest absolute Gasteiger partial charge is 0.320 e. The molecule has 2 rings (SSSR count). The van der Waals surface area contributed by atoms with Crippen LogP contribution in [0.25, 0.3) is 6.08 Å². The summed E-state index contributed by atoms with van der Waals surface area (Å²) in [6.07, 6.45) is 4.55. The Morgan fingerprint density at radius 2 is 2.10 bits per heavy atom. The van der Waals surface area contributed by atoms with Gasteiger partial charge in [-0.2, -0.15) is 5.26 Å². The van der Waals surface area contributed by atoms with Gasteiger partial charge in [-0.1, -0.05) is 29.8 Å². The van der Waals surface area contributed by atoms with E-state index in [-0.39, 0.29) is 5.57 Å². The number of carbonyl (C=O) groups excluding carboxylic acids is 1. The van der Waals surface area contributed by atoms with Crippen LogP contribution in [0.4, 0.5) is 5.69 Å². The number of halogens is 1. The number of nitrogens with one attached hydrogen (secondary N) is 1. The molecular formula is C15H10ClN3O. The van der Waals surface area contributed by atoms with E-state index in [9.17, 15) is 4.79 Å². The van der Waals surface area contributed by atoms with Crippen LogP contribution in [0.2, 0.25) is 5.02 Å². The van der Waals surface area contributed by atoms with Crippen molar-refractivity contribution in [2.75, 3.05) is 5.32 Å². The van der Waals surface area contributed by atoms with Crippen LogP contribution < -0.4 is 5.32 Å². The van der Waals surface area contributed by atoms with Crippen molar-refractivity contribution in [3.8, 4) is 6.07 Å². The van der Waals surface area contributed by atoms with Gasteiger partial charge in [0, 0.05) is 11.2 Å². The highest BCUT2D eigenvalue weighted by atomic mass is 35.5. The lowest BCUT2D eigenvalue weighted by atomic mass is 10.1. The van der Waals surface area contributed by atoms with E-state index in [4.69, 9.17) is 16.9 Å². The SMILES string of the molecule is N#C/C(=C\c1ccccc1Cl)C(=O)Nc1cccnc1. The van der Waals surface area contributed by atoms with Crippen LogP contribution in [-0.2, 0) is 4.79 Å². The molecule has 0 saturated carbocycles. The Labute approximate surface area is 121 Å². The van der Waals surface area contributed by atoms with Crippen molar-refractivity contribution in [1.82, 2.24) is 4.98 Å². The quantitative estimate of drug-likeness (QED) is 0.694. The number of anilines is 1. The number of hydrogen-bond acceptors (Lipinski definition) is 3. The van der Waals surface area contributed by atoms with Crippen molar-refractivity contribution < 1.29 is 4.79 Å². The Morgan fingerprint density at radius 3 is 2.75 bits per heavy atom. The minimum absolute atomic E-state index is 0.0260. The van der Waals surface area contributed by atoms with E-state index < -0.39 is 5.91 Å². The number of pyridine rings is 1. The second kappa shape index (κ2) is 6.50. The van der Waals surface area contributed by atoms with Crippen molar-refractivity contribution in [2.24, 2.45) is 0 Å². The van der Waals surface area contributed by atoms with Gasteiger partial charge < -0.3 is 5.32 Å². The number of aromatic nitrogens is 1. The van der Waals surface area contributed by atoms with Gasteiger partial charge in [0.25, 0.3) is 5.91 Å². The van der Waals surface area contributed by atoms with Crippen molar-refractivity contribution in [1.29, 1.82) is 5.26 Å². The number of rotatable bonds is 3. The van der Waals surface area contributed by atoms with Crippen molar-refractivity contribution >= 4 is 29.3 Å². The molecular weight excluding hydrogens is 274 g/mol. The number of benzene rings is 1. The molecule has 1 heterocycles. The van der Waals surface area contributed by atoms with Gasteiger partial charge in [0.1, 0.15) is 11.6 Å². The van der Waals surface area contributed by atoms with Crippen LogP contribution in [0.3, 0.4) is 0 Å². The molecule has 2 aromatic rings. The monoisotopic (exact) mass is 283 g/mol. The van der Waals surface area contributed by atoms with Gasteiger partial charge in [0.2, 0.25) is 0 Å². The van der Waals surface area contributed by atoms with Crippen molar-refractivity contribution in [3.63, 3.8) is 0 Å². The number of amides is 1. The summed E-state index contributed by atoms with van der Waals surface area (Å²) in [6, 6.07) is 12.2. The third-order valence-electron chi connectivity index (χ3n) is 2.49. The molecule has 0 radical (unpaired) electrons. The highest BCUT2D eigenvalue weighted by Crippen LogP contribution is 2.18. The maximum Gasteiger partial charge on any atom is 0.266 e. The number of hydrogen-bond donors (Lipinski definition) is 1.